The molecule has 0 bridgehead atoms. The second-order valence-electron chi connectivity index (χ2n) is 11.0. The fourth-order valence-corrected chi connectivity index (χ4v) is 6.25. The Balaban J connectivity index is 1.79. The molecule has 0 unspecified atom stereocenters. The van der Waals surface area contributed by atoms with Crippen molar-refractivity contribution in [1.82, 2.24) is 10.2 Å². The lowest BCUT2D eigenvalue weighted by molar-refractivity contribution is -0.140. The molecule has 0 aliphatic carbocycles. The van der Waals surface area contributed by atoms with Crippen LogP contribution in [0.1, 0.15) is 30.5 Å². The van der Waals surface area contributed by atoms with Gasteiger partial charge in [-0.2, -0.15) is 0 Å². The van der Waals surface area contributed by atoms with Crippen molar-refractivity contribution < 1.29 is 27.1 Å². The van der Waals surface area contributed by atoms with Crippen LogP contribution < -0.4 is 14.4 Å². The van der Waals surface area contributed by atoms with Gasteiger partial charge in [0.2, 0.25) is 11.8 Å². The zero-order chi connectivity index (χ0) is 32.6. The van der Waals surface area contributed by atoms with Gasteiger partial charge in [0, 0.05) is 19.0 Å². The molecule has 0 radical (unpaired) electrons. The Hall–Kier alpha value is -4.70. The van der Waals surface area contributed by atoms with E-state index in [1.807, 2.05) is 51.1 Å². The summed E-state index contributed by atoms with van der Waals surface area (Å²) in [4.78, 5) is 29.5. The second kappa shape index (κ2) is 14.9. The number of carbonyl (C=O) groups is 2. The van der Waals surface area contributed by atoms with Crippen molar-refractivity contribution in [1.29, 1.82) is 0 Å². The number of aryl methyl sites for hydroxylation is 1. The number of carbonyl (C=O) groups excluding carboxylic acids is 2. The lowest BCUT2D eigenvalue weighted by Crippen LogP contribution is -2.54. The van der Waals surface area contributed by atoms with Crippen LogP contribution in [0.5, 0.6) is 5.75 Å². The summed E-state index contributed by atoms with van der Waals surface area (Å²) in [7, 11) is -2.76. The largest absolute Gasteiger partial charge is 0.497 e. The van der Waals surface area contributed by atoms with Gasteiger partial charge in [0.25, 0.3) is 10.0 Å². The van der Waals surface area contributed by atoms with Crippen LogP contribution in [0.3, 0.4) is 0 Å². The number of rotatable bonds is 13. The van der Waals surface area contributed by atoms with E-state index in [0.717, 1.165) is 15.4 Å². The van der Waals surface area contributed by atoms with Gasteiger partial charge < -0.3 is 15.0 Å². The lowest BCUT2D eigenvalue weighted by atomic mass is 10.0. The molecule has 8 nitrogen and oxygen atoms in total. The van der Waals surface area contributed by atoms with E-state index in [9.17, 15) is 22.4 Å². The molecule has 2 amide bonds. The fourth-order valence-electron chi connectivity index (χ4n) is 4.84. The number of benzene rings is 4. The van der Waals surface area contributed by atoms with Gasteiger partial charge >= 0.3 is 0 Å². The summed E-state index contributed by atoms with van der Waals surface area (Å²) >= 11 is 0. The van der Waals surface area contributed by atoms with Crippen LogP contribution >= 0.6 is 0 Å². The molecule has 0 aromatic heterocycles. The van der Waals surface area contributed by atoms with Crippen molar-refractivity contribution in [2.24, 2.45) is 0 Å². The van der Waals surface area contributed by atoms with Crippen molar-refractivity contribution in [3.8, 4) is 5.75 Å². The second-order valence-corrected chi connectivity index (χ2v) is 12.9. The SMILES string of the molecule is COc1ccc(S(=O)(=O)N(CC(=O)N(Cc2ccc(F)cc2)[C@H](Cc2ccccc2)C(=O)NC(C)C)c2ccc(C)cc2)cc1. The number of methoxy groups -OCH3 is 1. The van der Waals surface area contributed by atoms with E-state index < -0.39 is 34.3 Å². The third-order valence-corrected chi connectivity index (χ3v) is 9.00. The number of hydrogen-bond acceptors (Lipinski definition) is 5. The van der Waals surface area contributed by atoms with E-state index in [1.54, 1.807) is 36.4 Å². The predicted molar refractivity (Wildman–Crippen MR) is 173 cm³/mol. The van der Waals surface area contributed by atoms with Gasteiger partial charge in [-0.05, 0) is 80.4 Å². The minimum atomic E-state index is -4.24. The van der Waals surface area contributed by atoms with E-state index in [0.29, 0.717) is 11.3 Å². The molecule has 0 saturated carbocycles. The van der Waals surface area contributed by atoms with Crippen LogP contribution in [0.15, 0.2) is 108 Å². The molecule has 1 N–H and O–H groups in total. The first-order valence-corrected chi connectivity index (χ1v) is 16.0. The average molecular weight is 632 g/mol. The monoisotopic (exact) mass is 631 g/mol. The topological polar surface area (TPSA) is 96.0 Å². The quantitative estimate of drug-likeness (QED) is 0.210. The average Bonchev–Trinajstić information content (AvgIpc) is 3.03. The van der Waals surface area contributed by atoms with Gasteiger partial charge in [-0.15, -0.1) is 0 Å². The van der Waals surface area contributed by atoms with Gasteiger partial charge in [0.05, 0.1) is 17.7 Å². The molecule has 4 rings (SSSR count). The summed E-state index contributed by atoms with van der Waals surface area (Å²) in [6.07, 6.45) is 0.183. The Morgan fingerprint density at radius 3 is 2.04 bits per heavy atom. The Morgan fingerprint density at radius 2 is 1.47 bits per heavy atom. The minimum Gasteiger partial charge on any atom is -0.497 e. The van der Waals surface area contributed by atoms with E-state index in [1.165, 1.54) is 48.4 Å². The minimum absolute atomic E-state index is 0.0276. The number of amides is 2. The maximum atomic E-state index is 14.4. The number of anilines is 1. The molecule has 0 spiro atoms. The van der Waals surface area contributed by atoms with E-state index in [4.69, 9.17) is 4.74 Å². The van der Waals surface area contributed by atoms with E-state index in [-0.39, 0.29) is 35.5 Å². The molecule has 4 aromatic rings. The highest BCUT2D eigenvalue weighted by molar-refractivity contribution is 7.92. The van der Waals surface area contributed by atoms with E-state index >= 15 is 0 Å². The van der Waals surface area contributed by atoms with Gasteiger partial charge in [-0.3, -0.25) is 13.9 Å². The third kappa shape index (κ3) is 8.69. The molecular formula is C35H38FN3O5S. The van der Waals surface area contributed by atoms with Gasteiger partial charge in [-0.1, -0.05) is 60.2 Å². The Kier molecular flexibility index (Phi) is 11.0. The van der Waals surface area contributed by atoms with Crippen LogP contribution in [0.2, 0.25) is 0 Å². The van der Waals surface area contributed by atoms with Crippen LogP contribution in [0.25, 0.3) is 0 Å². The van der Waals surface area contributed by atoms with Crippen molar-refractivity contribution in [2.45, 2.75) is 50.7 Å². The molecule has 0 fully saturated rings. The van der Waals surface area contributed by atoms with Crippen molar-refractivity contribution in [3.63, 3.8) is 0 Å². The smallest absolute Gasteiger partial charge is 0.264 e. The summed E-state index contributed by atoms with van der Waals surface area (Å²) in [6, 6.07) is 26.5. The Bertz CT molecular complexity index is 1680. The van der Waals surface area contributed by atoms with Crippen LogP contribution in [-0.4, -0.2) is 50.9 Å². The molecule has 0 aliphatic rings. The van der Waals surface area contributed by atoms with Gasteiger partial charge in [-0.25, -0.2) is 12.8 Å². The highest BCUT2D eigenvalue weighted by Crippen LogP contribution is 2.27. The Morgan fingerprint density at radius 1 is 0.844 bits per heavy atom. The van der Waals surface area contributed by atoms with Crippen LogP contribution in [0.4, 0.5) is 10.1 Å². The first-order chi connectivity index (χ1) is 21.5. The highest BCUT2D eigenvalue weighted by atomic mass is 32.2. The lowest BCUT2D eigenvalue weighted by Gasteiger charge is -2.34. The summed E-state index contributed by atoms with van der Waals surface area (Å²) in [5.74, 6) is -0.940. The molecular weight excluding hydrogens is 593 g/mol. The Labute approximate surface area is 264 Å². The fraction of sp³-hybridized carbons (Fsp3) is 0.257. The highest BCUT2D eigenvalue weighted by Gasteiger charge is 2.34. The number of ether oxygens (including phenoxy) is 1. The number of hydrogen-bond donors (Lipinski definition) is 1. The molecule has 0 aliphatic heterocycles. The zero-order valence-electron chi connectivity index (χ0n) is 25.8. The first-order valence-electron chi connectivity index (χ1n) is 14.6. The standard InChI is InChI=1S/C35H38FN3O5S/c1-25(2)37-35(41)33(22-27-8-6-5-7-9-27)38(23-28-12-14-29(36)15-13-28)34(40)24-39(30-16-10-26(3)11-17-30)45(42,43)32-20-18-31(44-4)19-21-32/h5-21,25,33H,22-24H2,1-4H3,(H,37,41)/t33-/m1/s1. The molecule has 0 heterocycles. The number of nitrogens with one attached hydrogen (secondary N) is 1. The first kappa shape index (κ1) is 33.2. The number of nitrogens with zero attached hydrogens (tertiary/aromatic N) is 2. The summed E-state index contributed by atoms with van der Waals surface area (Å²) in [5, 5.41) is 2.91. The van der Waals surface area contributed by atoms with Crippen molar-refractivity contribution in [2.75, 3.05) is 18.0 Å². The normalized spacial score (nSPS) is 12.0. The summed E-state index contributed by atoms with van der Waals surface area (Å²) < 4.78 is 48.3. The van der Waals surface area contributed by atoms with Gasteiger partial charge in [0.15, 0.2) is 0 Å². The number of halogens is 1. The van der Waals surface area contributed by atoms with E-state index in [2.05, 4.69) is 5.32 Å². The van der Waals surface area contributed by atoms with Crippen molar-refractivity contribution >= 4 is 27.5 Å². The van der Waals surface area contributed by atoms with Crippen LogP contribution in [0, 0.1) is 12.7 Å². The van der Waals surface area contributed by atoms with Crippen molar-refractivity contribution in [3.05, 3.63) is 126 Å². The molecule has 4 aromatic carbocycles. The maximum absolute atomic E-state index is 14.4. The summed E-state index contributed by atoms with van der Waals surface area (Å²) in [5.41, 5.74) is 2.61. The molecule has 236 valence electrons. The molecule has 0 saturated heterocycles. The predicted octanol–water partition coefficient (Wildman–Crippen LogP) is 5.50. The van der Waals surface area contributed by atoms with Crippen LogP contribution in [-0.2, 0) is 32.6 Å². The number of sulfonamides is 1. The molecule has 10 heteroatoms. The third-order valence-electron chi connectivity index (χ3n) is 7.22. The van der Waals surface area contributed by atoms with Gasteiger partial charge in [0.1, 0.15) is 24.2 Å². The molecule has 1 atom stereocenters. The maximum Gasteiger partial charge on any atom is 0.264 e. The summed E-state index contributed by atoms with van der Waals surface area (Å²) in [6.45, 7) is 4.89. The molecule has 45 heavy (non-hydrogen) atoms. The zero-order valence-corrected chi connectivity index (χ0v) is 26.6.